The summed E-state index contributed by atoms with van der Waals surface area (Å²) in [5.41, 5.74) is -0.0689. The maximum atomic E-state index is 12.4. The zero-order valence-corrected chi connectivity index (χ0v) is 13.2. The van der Waals surface area contributed by atoms with Crippen LogP contribution in [0.3, 0.4) is 0 Å². The molecule has 1 aliphatic rings. The Morgan fingerprint density at radius 1 is 1.26 bits per heavy atom. The number of likely N-dealkylation sites (tertiary alicyclic amines) is 1. The van der Waals surface area contributed by atoms with E-state index in [4.69, 9.17) is 8.83 Å². The zero-order chi connectivity index (χ0) is 16.4. The van der Waals surface area contributed by atoms with Gasteiger partial charge in [0.1, 0.15) is 6.26 Å². The molecule has 3 heterocycles. The molecule has 0 unspecified atom stereocenters. The van der Waals surface area contributed by atoms with Crippen LogP contribution in [0.15, 0.2) is 32.0 Å². The minimum absolute atomic E-state index is 0.124. The van der Waals surface area contributed by atoms with Crippen LogP contribution in [0, 0.1) is 0 Å². The third-order valence-corrected chi connectivity index (χ3v) is 4.03. The van der Waals surface area contributed by atoms with Crippen LogP contribution in [0.2, 0.25) is 0 Å². The van der Waals surface area contributed by atoms with Crippen LogP contribution in [0.1, 0.15) is 60.7 Å². The Labute approximate surface area is 133 Å². The van der Waals surface area contributed by atoms with E-state index in [1.165, 1.54) is 18.4 Å². The number of nitrogens with zero attached hydrogens (tertiary/aromatic N) is 3. The van der Waals surface area contributed by atoms with Gasteiger partial charge in [-0.2, -0.15) is 0 Å². The molecule has 0 spiro atoms. The van der Waals surface area contributed by atoms with E-state index in [0.29, 0.717) is 30.4 Å². The van der Waals surface area contributed by atoms with Gasteiger partial charge in [0.15, 0.2) is 0 Å². The van der Waals surface area contributed by atoms with Crippen LogP contribution >= 0.6 is 0 Å². The van der Waals surface area contributed by atoms with E-state index in [2.05, 4.69) is 10.2 Å². The van der Waals surface area contributed by atoms with Crippen LogP contribution < -0.4 is 5.63 Å². The molecule has 0 aliphatic carbocycles. The van der Waals surface area contributed by atoms with Gasteiger partial charge in [-0.3, -0.25) is 4.79 Å². The fraction of sp³-hybridized carbons (Fsp3) is 0.500. The molecular formula is C16H19N3O4. The van der Waals surface area contributed by atoms with Gasteiger partial charge in [-0.25, -0.2) is 4.79 Å². The van der Waals surface area contributed by atoms with Crippen molar-refractivity contribution in [2.75, 3.05) is 13.1 Å². The third kappa shape index (κ3) is 3.33. The Kier molecular flexibility index (Phi) is 4.27. The predicted octanol–water partition coefficient (Wildman–Crippen LogP) is 2.17. The standard InChI is InChI=1S/C16H19N3O4/c1-10(2)14-17-18-15(23-14)11-5-7-19(8-6-11)16(21)12-3-4-13(20)22-9-12/h3-4,9-11H,5-8H2,1-2H3. The molecule has 7 heteroatoms. The van der Waals surface area contributed by atoms with E-state index in [-0.39, 0.29) is 17.7 Å². The van der Waals surface area contributed by atoms with Gasteiger partial charge >= 0.3 is 5.63 Å². The smallest absolute Gasteiger partial charge is 0.335 e. The maximum Gasteiger partial charge on any atom is 0.335 e. The molecule has 2 aromatic heterocycles. The molecule has 3 rings (SSSR count). The zero-order valence-electron chi connectivity index (χ0n) is 13.2. The molecule has 0 saturated carbocycles. The number of rotatable bonds is 3. The lowest BCUT2D eigenvalue weighted by Crippen LogP contribution is -2.38. The lowest BCUT2D eigenvalue weighted by atomic mass is 9.96. The largest absolute Gasteiger partial charge is 0.430 e. The van der Waals surface area contributed by atoms with E-state index in [1.54, 1.807) is 4.90 Å². The predicted molar refractivity (Wildman–Crippen MR) is 81.2 cm³/mol. The fourth-order valence-corrected chi connectivity index (χ4v) is 2.64. The minimum Gasteiger partial charge on any atom is -0.430 e. The number of amides is 1. The van der Waals surface area contributed by atoms with Gasteiger partial charge < -0.3 is 13.7 Å². The van der Waals surface area contributed by atoms with Crippen molar-refractivity contribution in [3.63, 3.8) is 0 Å². The first-order chi connectivity index (χ1) is 11.0. The number of hydrogen-bond acceptors (Lipinski definition) is 6. The fourth-order valence-electron chi connectivity index (χ4n) is 2.64. The first kappa shape index (κ1) is 15.5. The highest BCUT2D eigenvalue weighted by molar-refractivity contribution is 5.93. The topological polar surface area (TPSA) is 89.4 Å². The van der Waals surface area contributed by atoms with Crippen molar-refractivity contribution >= 4 is 5.91 Å². The van der Waals surface area contributed by atoms with Gasteiger partial charge in [-0.15, -0.1) is 10.2 Å². The quantitative estimate of drug-likeness (QED) is 0.862. The average molecular weight is 317 g/mol. The van der Waals surface area contributed by atoms with Gasteiger partial charge in [-0.1, -0.05) is 13.8 Å². The maximum absolute atomic E-state index is 12.4. The molecule has 0 aromatic carbocycles. The first-order valence-electron chi connectivity index (χ1n) is 7.76. The van der Waals surface area contributed by atoms with Crippen LogP contribution in [0.4, 0.5) is 0 Å². The summed E-state index contributed by atoms with van der Waals surface area (Å²) < 4.78 is 10.5. The van der Waals surface area contributed by atoms with Gasteiger partial charge in [0.25, 0.3) is 5.91 Å². The van der Waals surface area contributed by atoms with Crippen molar-refractivity contribution in [2.24, 2.45) is 0 Å². The average Bonchev–Trinajstić information content (AvgIpc) is 3.05. The second-order valence-electron chi connectivity index (χ2n) is 6.04. The molecule has 0 N–H and O–H groups in total. The highest BCUT2D eigenvalue weighted by Crippen LogP contribution is 2.28. The van der Waals surface area contributed by atoms with E-state index in [9.17, 15) is 9.59 Å². The number of hydrogen-bond donors (Lipinski definition) is 0. The summed E-state index contributed by atoms with van der Waals surface area (Å²) >= 11 is 0. The second-order valence-corrected chi connectivity index (χ2v) is 6.04. The van der Waals surface area contributed by atoms with Crippen molar-refractivity contribution < 1.29 is 13.6 Å². The van der Waals surface area contributed by atoms with E-state index >= 15 is 0 Å². The molecule has 0 bridgehead atoms. The van der Waals surface area contributed by atoms with Crippen molar-refractivity contribution in [3.05, 3.63) is 46.2 Å². The van der Waals surface area contributed by atoms with E-state index < -0.39 is 5.63 Å². The third-order valence-electron chi connectivity index (χ3n) is 4.03. The Morgan fingerprint density at radius 3 is 2.57 bits per heavy atom. The summed E-state index contributed by atoms with van der Waals surface area (Å²) in [7, 11) is 0. The summed E-state index contributed by atoms with van der Waals surface area (Å²) in [4.78, 5) is 25.1. The second kappa shape index (κ2) is 6.36. The Bertz CT molecular complexity index is 721. The van der Waals surface area contributed by atoms with Crippen molar-refractivity contribution in [3.8, 4) is 0 Å². The molecule has 1 fully saturated rings. The molecule has 1 amide bonds. The van der Waals surface area contributed by atoms with E-state index in [1.807, 2.05) is 13.8 Å². The Balaban J connectivity index is 1.62. The summed E-state index contributed by atoms with van der Waals surface area (Å²) in [5, 5.41) is 8.19. The Morgan fingerprint density at radius 2 is 2.00 bits per heavy atom. The number of carbonyl (C=O) groups is 1. The SMILES string of the molecule is CC(C)c1nnc(C2CCN(C(=O)c3ccc(=O)oc3)CC2)o1. The van der Waals surface area contributed by atoms with Crippen molar-refractivity contribution in [1.29, 1.82) is 0 Å². The van der Waals surface area contributed by atoms with Gasteiger partial charge in [0.05, 0.1) is 5.56 Å². The summed E-state index contributed by atoms with van der Waals surface area (Å²) in [6, 6.07) is 2.75. The van der Waals surface area contributed by atoms with Crippen LogP contribution in [0.25, 0.3) is 0 Å². The number of aromatic nitrogens is 2. The lowest BCUT2D eigenvalue weighted by Gasteiger charge is -2.30. The van der Waals surface area contributed by atoms with Gasteiger partial charge in [-0.05, 0) is 18.9 Å². The van der Waals surface area contributed by atoms with Gasteiger partial charge in [0.2, 0.25) is 11.8 Å². The number of piperidine rings is 1. The van der Waals surface area contributed by atoms with Crippen molar-refractivity contribution in [2.45, 2.75) is 38.5 Å². The molecule has 23 heavy (non-hydrogen) atoms. The highest BCUT2D eigenvalue weighted by atomic mass is 16.4. The van der Waals surface area contributed by atoms with Crippen LogP contribution in [-0.2, 0) is 0 Å². The summed E-state index contributed by atoms with van der Waals surface area (Å²) in [5.74, 6) is 1.59. The minimum atomic E-state index is -0.461. The van der Waals surface area contributed by atoms with Crippen LogP contribution in [0.5, 0.6) is 0 Å². The Hall–Kier alpha value is -2.44. The van der Waals surface area contributed by atoms with E-state index in [0.717, 1.165) is 12.8 Å². The normalized spacial score (nSPS) is 16.0. The van der Waals surface area contributed by atoms with Crippen LogP contribution in [-0.4, -0.2) is 34.1 Å². The summed E-state index contributed by atoms with van der Waals surface area (Å²) in [6.07, 6.45) is 2.77. The van der Waals surface area contributed by atoms with Crippen molar-refractivity contribution in [1.82, 2.24) is 15.1 Å². The monoisotopic (exact) mass is 317 g/mol. The highest BCUT2D eigenvalue weighted by Gasteiger charge is 2.28. The molecule has 0 radical (unpaired) electrons. The molecule has 7 nitrogen and oxygen atoms in total. The van der Waals surface area contributed by atoms with Gasteiger partial charge in [0, 0.05) is 31.0 Å². The molecule has 1 aliphatic heterocycles. The lowest BCUT2D eigenvalue weighted by molar-refractivity contribution is 0.0703. The summed E-state index contributed by atoms with van der Waals surface area (Å²) in [6.45, 7) is 5.25. The molecule has 0 atom stereocenters. The molecular weight excluding hydrogens is 298 g/mol. The molecule has 1 saturated heterocycles. The molecule has 122 valence electrons. The number of carbonyl (C=O) groups excluding carboxylic acids is 1. The molecule has 2 aromatic rings. The first-order valence-corrected chi connectivity index (χ1v) is 7.76.